The van der Waals surface area contributed by atoms with E-state index >= 15 is 0 Å². The molecule has 0 saturated carbocycles. The van der Waals surface area contributed by atoms with Gasteiger partial charge in [-0.15, -0.1) is 0 Å². The Balaban J connectivity index is 1.25. The summed E-state index contributed by atoms with van der Waals surface area (Å²) >= 11 is 0. The van der Waals surface area contributed by atoms with Crippen LogP contribution in [0.5, 0.6) is 11.5 Å². The molecule has 0 radical (unpaired) electrons. The van der Waals surface area contributed by atoms with Gasteiger partial charge in [0.05, 0.1) is 6.10 Å². The van der Waals surface area contributed by atoms with Gasteiger partial charge in [-0.3, -0.25) is 0 Å². The molecule has 6 heteroatoms. The lowest BCUT2D eigenvalue weighted by Gasteiger charge is -2.13. The number of benzene rings is 2. The van der Waals surface area contributed by atoms with Gasteiger partial charge in [0.2, 0.25) is 6.79 Å². The number of ether oxygens (including phenoxy) is 3. The predicted octanol–water partition coefficient (Wildman–Crippen LogP) is 3.42. The number of hydrogen-bond acceptors (Lipinski definition) is 4. The molecule has 2 aromatic carbocycles. The number of urea groups is 1. The van der Waals surface area contributed by atoms with E-state index in [1.165, 1.54) is 0 Å². The smallest absolute Gasteiger partial charge is 0.314 e. The van der Waals surface area contributed by atoms with E-state index in [0.717, 1.165) is 35.5 Å². The fraction of sp³-hybridized carbons (Fsp3) is 0.381. The molecule has 0 spiro atoms. The summed E-state index contributed by atoms with van der Waals surface area (Å²) in [5, 5.41) is 5.71. The second-order valence-electron chi connectivity index (χ2n) is 6.40. The van der Waals surface area contributed by atoms with Crippen molar-refractivity contribution in [1.82, 2.24) is 10.6 Å². The molecule has 1 atom stereocenters. The van der Waals surface area contributed by atoms with Gasteiger partial charge < -0.3 is 24.8 Å². The van der Waals surface area contributed by atoms with Crippen molar-refractivity contribution in [2.45, 2.75) is 25.9 Å². The molecular formula is C21H26N2O4. The largest absolute Gasteiger partial charge is 0.454 e. The van der Waals surface area contributed by atoms with E-state index in [9.17, 15) is 4.79 Å². The van der Waals surface area contributed by atoms with Gasteiger partial charge in [0.15, 0.2) is 11.5 Å². The highest BCUT2D eigenvalue weighted by molar-refractivity contribution is 5.73. The number of nitrogens with one attached hydrogen (secondary N) is 2. The molecule has 6 nitrogen and oxygen atoms in total. The summed E-state index contributed by atoms with van der Waals surface area (Å²) in [6.07, 6.45) is 1.57. The predicted molar refractivity (Wildman–Crippen MR) is 103 cm³/mol. The molecule has 0 saturated heterocycles. The second-order valence-corrected chi connectivity index (χ2v) is 6.40. The van der Waals surface area contributed by atoms with E-state index in [1.807, 2.05) is 43.3 Å². The number of rotatable bonds is 9. The first-order valence-corrected chi connectivity index (χ1v) is 9.29. The van der Waals surface area contributed by atoms with Crippen LogP contribution in [0.4, 0.5) is 4.79 Å². The van der Waals surface area contributed by atoms with E-state index in [4.69, 9.17) is 14.2 Å². The quantitative estimate of drug-likeness (QED) is 0.664. The molecule has 1 unspecified atom stereocenters. The maximum atomic E-state index is 11.8. The molecular weight excluding hydrogens is 344 g/mol. The molecule has 144 valence electrons. The first-order valence-electron chi connectivity index (χ1n) is 9.29. The van der Waals surface area contributed by atoms with Crippen LogP contribution in [-0.4, -0.2) is 32.5 Å². The van der Waals surface area contributed by atoms with Gasteiger partial charge in [0, 0.05) is 19.7 Å². The average Bonchev–Trinajstić information content (AvgIpc) is 3.16. The van der Waals surface area contributed by atoms with Gasteiger partial charge in [-0.2, -0.15) is 0 Å². The fourth-order valence-electron chi connectivity index (χ4n) is 2.83. The van der Waals surface area contributed by atoms with Crippen molar-refractivity contribution in [3.63, 3.8) is 0 Å². The van der Waals surface area contributed by atoms with Crippen molar-refractivity contribution in [3.8, 4) is 11.5 Å². The van der Waals surface area contributed by atoms with Crippen molar-refractivity contribution in [1.29, 1.82) is 0 Å². The van der Waals surface area contributed by atoms with Crippen LogP contribution < -0.4 is 20.1 Å². The lowest BCUT2D eigenvalue weighted by atomic mass is 10.1. The van der Waals surface area contributed by atoms with E-state index in [2.05, 4.69) is 22.8 Å². The van der Waals surface area contributed by atoms with Crippen molar-refractivity contribution >= 4 is 6.03 Å². The highest BCUT2D eigenvalue weighted by Crippen LogP contribution is 2.32. The highest BCUT2D eigenvalue weighted by Gasteiger charge is 2.13. The Morgan fingerprint density at radius 2 is 1.85 bits per heavy atom. The molecule has 1 aliphatic rings. The number of carbonyl (C=O) groups is 1. The van der Waals surface area contributed by atoms with E-state index in [1.54, 1.807) is 0 Å². The standard InChI is InChI=1S/C21H26N2O4/c1-16(18-6-3-2-4-7-18)25-13-5-11-22-21(24)23-12-10-17-8-9-19-20(14-17)27-15-26-19/h2-4,6-9,14,16H,5,10-13,15H2,1H3,(H2,22,23,24). The van der Waals surface area contributed by atoms with E-state index in [0.29, 0.717) is 19.7 Å². The molecule has 0 aromatic heterocycles. The fourth-order valence-corrected chi connectivity index (χ4v) is 2.83. The molecule has 2 aromatic rings. The van der Waals surface area contributed by atoms with Gasteiger partial charge in [-0.05, 0) is 43.0 Å². The van der Waals surface area contributed by atoms with Gasteiger partial charge in [0.25, 0.3) is 0 Å². The van der Waals surface area contributed by atoms with Crippen molar-refractivity contribution in [2.75, 3.05) is 26.5 Å². The van der Waals surface area contributed by atoms with Crippen LogP contribution in [0.1, 0.15) is 30.6 Å². The highest BCUT2D eigenvalue weighted by atomic mass is 16.7. The minimum Gasteiger partial charge on any atom is -0.454 e. The molecule has 2 amide bonds. The van der Waals surface area contributed by atoms with Crippen molar-refractivity contribution in [2.24, 2.45) is 0 Å². The Kier molecular flexibility index (Phi) is 6.93. The lowest BCUT2D eigenvalue weighted by Crippen LogP contribution is -2.37. The molecule has 0 bridgehead atoms. The summed E-state index contributed by atoms with van der Waals surface area (Å²) in [4.78, 5) is 11.8. The summed E-state index contributed by atoms with van der Waals surface area (Å²) in [5.74, 6) is 1.54. The Morgan fingerprint density at radius 3 is 2.70 bits per heavy atom. The summed E-state index contributed by atoms with van der Waals surface area (Å²) in [6.45, 7) is 4.05. The van der Waals surface area contributed by atoms with Crippen LogP contribution in [0.15, 0.2) is 48.5 Å². The monoisotopic (exact) mass is 370 g/mol. The third-order valence-corrected chi connectivity index (χ3v) is 4.38. The first-order chi connectivity index (χ1) is 13.2. The zero-order chi connectivity index (χ0) is 18.9. The first kappa shape index (κ1) is 19.0. The Morgan fingerprint density at radius 1 is 1.07 bits per heavy atom. The Hall–Kier alpha value is -2.73. The van der Waals surface area contributed by atoms with E-state index < -0.39 is 0 Å². The zero-order valence-corrected chi connectivity index (χ0v) is 15.6. The summed E-state index contributed by atoms with van der Waals surface area (Å²) in [7, 11) is 0. The topological polar surface area (TPSA) is 68.8 Å². The van der Waals surface area contributed by atoms with Gasteiger partial charge in [0.1, 0.15) is 0 Å². The normalized spacial score (nSPS) is 13.2. The number of fused-ring (bicyclic) bond motifs is 1. The van der Waals surface area contributed by atoms with Crippen molar-refractivity contribution < 1.29 is 19.0 Å². The zero-order valence-electron chi connectivity index (χ0n) is 15.6. The maximum Gasteiger partial charge on any atom is 0.314 e. The third-order valence-electron chi connectivity index (χ3n) is 4.38. The number of carbonyl (C=O) groups excluding carboxylic acids is 1. The van der Waals surface area contributed by atoms with Crippen LogP contribution in [0.2, 0.25) is 0 Å². The van der Waals surface area contributed by atoms with Crippen LogP contribution in [0.3, 0.4) is 0 Å². The van der Waals surface area contributed by atoms with Crippen LogP contribution in [0, 0.1) is 0 Å². The summed E-state index contributed by atoms with van der Waals surface area (Å²) in [6, 6.07) is 15.8. The maximum absolute atomic E-state index is 11.8. The number of amides is 2. The second kappa shape index (κ2) is 9.83. The average molecular weight is 370 g/mol. The lowest BCUT2D eigenvalue weighted by molar-refractivity contribution is 0.0644. The molecule has 0 fully saturated rings. The molecule has 1 aliphatic heterocycles. The minimum absolute atomic E-state index is 0.0572. The van der Waals surface area contributed by atoms with Gasteiger partial charge in [-0.1, -0.05) is 36.4 Å². The minimum atomic E-state index is -0.160. The SMILES string of the molecule is CC(OCCCNC(=O)NCCc1ccc2c(c1)OCO2)c1ccccc1. The van der Waals surface area contributed by atoms with Crippen molar-refractivity contribution in [3.05, 3.63) is 59.7 Å². The Bertz CT molecular complexity index is 736. The molecule has 1 heterocycles. The molecule has 2 N–H and O–H groups in total. The summed E-state index contributed by atoms with van der Waals surface area (Å²) < 4.78 is 16.4. The molecule has 27 heavy (non-hydrogen) atoms. The van der Waals surface area contributed by atoms with Crippen LogP contribution >= 0.6 is 0 Å². The number of hydrogen-bond donors (Lipinski definition) is 2. The molecule has 0 aliphatic carbocycles. The van der Waals surface area contributed by atoms with Gasteiger partial charge >= 0.3 is 6.03 Å². The van der Waals surface area contributed by atoms with Gasteiger partial charge in [-0.25, -0.2) is 4.79 Å². The third kappa shape index (κ3) is 5.89. The Labute approximate surface area is 159 Å². The van der Waals surface area contributed by atoms with E-state index in [-0.39, 0.29) is 18.9 Å². The summed E-state index contributed by atoms with van der Waals surface area (Å²) in [5.41, 5.74) is 2.26. The van der Waals surface area contributed by atoms with Crippen LogP contribution in [0.25, 0.3) is 0 Å². The molecule has 3 rings (SSSR count). The van der Waals surface area contributed by atoms with Crippen LogP contribution in [-0.2, 0) is 11.2 Å².